The lowest BCUT2D eigenvalue weighted by molar-refractivity contribution is 0.662. The Labute approximate surface area is 196 Å². The summed E-state index contributed by atoms with van der Waals surface area (Å²) < 4.78 is 13.6. The molecule has 4 nitrogen and oxygen atoms in total. The van der Waals surface area contributed by atoms with Crippen LogP contribution in [0.1, 0.15) is 0 Å². The standard InChI is InChI=1S/C28H15BrN2O2/c29-17-13-14-23-21(15-17)25-27(33-23)24(30-28(31-25)16-7-2-1-3-8-16)20-11-6-10-19-18-9-4-5-12-22(18)32-26(19)20/h1-15H. The molecule has 0 saturated carbocycles. The first-order chi connectivity index (χ1) is 16.3. The zero-order chi connectivity index (χ0) is 21.9. The number of nitrogens with zero attached hydrogens (tertiary/aromatic N) is 2. The van der Waals surface area contributed by atoms with Crippen LogP contribution in [0.15, 0.2) is 104 Å². The van der Waals surface area contributed by atoms with Crippen molar-refractivity contribution in [2.24, 2.45) is 0 Å². The van der Waals surface area contributed by atoms with Crippen molar-refractivity contribution in [3.8, 4) is 22.6 Å². The molecule has 5 heteroatoms. The minimum absolute atomic E-state index is 0.647. The molecule has 0 aliphatic heterocycles. The largest absolute Gasteiger partial charge is 0.455 e. The molecule has 0 unspecified atom stereocenters. The van der Waals surface area contributed by atoms with Crippen LogP contribution < -0.4 is 0 Å². The summed E-state index contributed by atoms with van der Waals surface area (Å²) in [7, 11) is 0. The number of para-hydroxylation sites is 2. The van der Waals surface area contributed by atoms with E-state index in [0.29, 0.717) is 11.4 Å². The summed E-state index contributed by atoms with van der Waals surface area (Å²) in [5.41, 5.74) is 6.38. The van der Waals surface area contributed by atoms with Crippen LogP contribution in [0.4, 0.5) is 0 Å². The van der Waals surface area contributed by atoms with E-state index in [0.717, 1.165) is 59.7 Å². The second-order valence-electron chi connectivity index (χ2n) is 7.96. The van der Waals surface area contributed by atoms with Crippen LogP contribution in [-0.2, 0) is 0 Å². The molecule has 7 aromatic rings. The van der Waals surface area contributed by atoms with E-state index in [1.165, 1.54) is 0 Å². The maximum atomic E-state index is 6.32. The lowest BCUT2D eigenvalue weighted by Crippen LogP contribution is -1.94. The zero-order valence-electron chi connectivity index (χ0n) is 17.2. The van der Waals surface area contributed by atoms with E-state index in [2.05, 4.69) is 28.1 Å². The van der Waals surface area contributed by atoms with Gasteiger partial charge in [0.15, 0.2) is 11.4 Å². The fourth-order valence-corrected chi connectivity index (χ4v) is 4.81. The van der Waals surface area contributed by atoms with E-state index in [-0.39, 0.29) is 0 Å². The van der Waals surface area contributed by atoms with Crippen molar-refractivity contribution in [1.29, 1.82) is 0 Å². The third kappa shape index (κ3) is 2.82. The highest BCUT2D eigenvalue weighted by Crippen LogP contribution is 2.40. The van der Waals surface area contributed by atoms with E-state index < -0.39 is 0 Å². The molecular weight excluding hydrogens is 476 g/mol. The molecule has 3 aromatic heterocycles. The van der Waals surface area contributed by atoms with Gasteiger partial charge < -0.3 is 8.83 Å². The number of benzene rings is 4. The third-order valence-electron chi connectivity index (χ3n) is 5.97. The summed E-state index contributed by atoms with van der Waals surface area (Å²) in [5, 5.41) is 3.07. The number of fused-ring (bicyclic) bond motifs is 6. The average molecular weight is 491 g/mol. The molecule has 0 saturated heterocycles. The molecule has 0 fully saturated rings. The normalized spacial score (nSPS) is 11.8. The van der Waals surface area contributed by atoms with Crippen LogP contribution in [-0.4, -0.2) is 9.97 Å². The molecule has 0 N–H and O–H groups in total. The van der Waals surface area contributed by atoms with Crippen LogP contribution in [0.2, 0.25) is 0 Å². The number of rotatable bonds is 2. The molecule has 0 aliphatic carbocycles. The summed E-state index contributed by atoms with van der Waals surface area (Å²) in [6.07, 6.45) is 0. The second kappa shape index (κ2) is 7.02. The van der Waals surface area contributed by atoms with Gasteiger partial charge in [0.1, 0.15) is 28.0 Å². The lowest BCUT2D eigenvalue weighted by Gasteiger charge is -2.06. The van der Waals surface area contributed by atoms with Crippen molar-refractivity contribution in [2.75, 3.05) is 0 Å². The topological polar surface area (TPSA) is 52.1 Å². The van der Waals surface area contributed by atoms with Crippen LogP contribution in [0.5, 0.6) is 0 Å². The number of hydrogen-bond donors (Lipinski definition) is 0. The first-order valence-corrected chi connectivity index (χ1v) is 11.4. The summed E-state index contributed by atoms with van der Waals surface area (Å²) in [4.78, 5) is 9.93. The first-order valence-electron chi connectivity index (χ1n) is 10.6. The predicted molar refractivity (Wildman–Crippen MR) is 135 cm³/mol. The van der Waals surface area contributed by atoms with Gasteiger partial charge in [-0.15, -0.1) is 0 Å². The van der Waals surface area contributed by atoms with Crippen molar-refractivity contribution in [1.82, 2.24) is 9.97 Å². The Balaban J connectivity index is 1.63. The van der Waals surface area contributed by atoms with Gasteiger partial charge in [0.05, 0.1) is 0 Å². The maximum absolute atomic E-state index is 6.32. The Kier molecular flexibility index (Phi) is 3.96. The van der Waals surface area contributed by atoms with E-state index >= 15 is 0 Å². The molecule has 0 aliphatic rings. The van der Waals surface area contributed by atoms with Gasteiger partial charge in [0.25, 0.3) is 0 Å². The zero-order valence-corrected chi connectivity index (χ0v) is 18.8. The first kappa shape index (κ1) is 18.6. The number of furan rings is 2. The quantitative estimate of drug-likeness (QED) is 0.244. The monoisotopic (exact) mass is 490 g/mol. The minimum Gasteiger partial charge on any atom is -0.455 e. The van der Waals surface area contributed by atoms with E-state index in [1.54, 1.807) is 0 Å². The molecular formula is C28H15BrN2O2. The highest BCUT2D eigenvalue weighted by Gasteiger charge is 2.21. The summed E-state index contributed by atoms with van der Waals surface area (Å²) >= 11 is 3.58. The second-order valence-corrected chi connectivity index (χ2v) is 8.88. The van der Waals surface area contributed by atoms with E-state index in [4.69, 9.17) is 18.8 Å². The number of hydrogen-bond acceptors (Lipinski definition) is 4. The van der Waals surface area contributed by atoms with E-state index in [1.807, 2.05) is 78.9 Å². The Morgan fingerprint density at radius 1 is 0.606 bits per heavy atom. The van der Waals surface area contributed by atoms with Gasteiger partial charge >= 0.3 is 0 Å². The fraction of sp³-hybridized carbons (Fsp3) is 0. The molecule has 0 amide bonds. The van der Waals surface area contributed by atoms with Gasteiger partial charge in [-0.25, -0.2) is 9.97 Å². The average Bonchev–Trinajstić information content (AvgIpc) is 3.42. The van der Waals surface area contributed by atoms with Crippen molar-refractivity contribution in [3.63, 3.8) is 0 Å². The van der Waals surface area contributed by atoms with Crippen LogP contribution in [0.3, 0.4) is 0 Å². The van der Waals surface area contributed by atoms with Gasteiger partial charge in [0, 0.05) is 31.8 Å². The van der Waals surface area contributed by atoms with Crippen molar-refractivity contribution in [3.05, 3.63) is 95.5 Å². The van der Waals surface area contributed by atoms with Gasteiger partial charge in [-0.2, -0.15) is 0 Å². The summed E-state index contributed by atoms with van der Waals surface area (Å²) in [6.45, 7) is 0. The molecule has 0 spiro atoms. The smallest absolute Gasteiger partial charge is 0.180 e. The Bertz CT molecular complexity index is 1830. The van der Waals surface area contributed by atoms with Crippen molar-refractivity contribution in [2.45, 2.75) is 0 Å². The van der Waals surface area contributed by atoms with Crippen LogP contribution in [0, 0.1) is 0 Å². The summed E-state index contributed by atoms with van der Waals surface area (Å²) in [5.74, 6) is 0.647. The Morgan fingerprint density at radius 2 is 1.36 bits per heavy atom. The molecule has 0 atom stereocenters. The predicted octanol–water partition coefficient (Wildman–Crippen LogP) is 8.37. The van der Waals surface area contributed by atoms with Gasteiger partial charge in [-0.3, -0.25) is 0 Å². The minimum atomic E-state index is 0.647. The van der Waals surface area contributed by atoms with Gasteiger partial charge in [-0.1, -0.05) is 76.6 Å². The number of aromatic nitrogens is 2. The fourth-order valence-electron chi connectivity index (χ4n) is 4.45. The lowest BCUT2D eigenvalue weighted by atomic mass is 10.1. The molecule has 3 heterocycles. The van der Waals surface area contributed by atoms with Crippen LogP contribution in [0.25, 0.3) is 66.7 Å². The maximum Gasteiger partial charge on any atom is 0.180 e. The van der Waals surface area contributed by atoms with Gasteiger partial charge in [-0.05, 0) is 30.3 Å². The Morgan fingerprint density at radius 3 is 2.27 bits per heavy atom. The highest BCUT2D eigenvalue weighted by atomic mass is 79.9. The molecule has 33 heavy (non-hydrogen) atoms. The third-order valence-corrected chi connectivity index (χ3v) is 6.46. The van der Waals surface area contributed by atoms with Crippen molar-refractivity contribution < 1.29 is 8.83 Å². The summed E-state index contributed by atoms with van der Waals surface area (Å²) in [6, 6.07) is 30.2. The molecule has 0 bridgehead atoms. The van der Waals surface area contributed by atoms with Gasteiger partial charge in [0.2, 0.25) is 0 Å². The number of halogens is 1. The molecule has 7 rings (SSSR count). The SMILES string of the molecule is Brc1ccc2oc3c(-c4cccc5c4oc4ccccc45)nc(-c4ccccc4)nc3c2c1. The molecule has 0 radical (unpaired) electrons. The van der Waals surface area contributed by atoms with E-state index in [9.17, 15) is 0 Å². The highest BCUT2D eigenvalue weighted by molar-refractivity contribution is 9.10. The van der Waals surface area contributed by atoms with Crippen LogP contribution >= 0.6 is 15.9 Å². The molecule has 4 aromatic carbocycles. The van der Waals surface area contributed by atoms with Crippen molar-refractivity contribution >= 4 is 59.9 Å². The molecule has 156 valence electrons. The Hall–Kier alpha value is -3.96.